The fraction of sp³-hybridized carbons (Fsp3) is 0.500. The van der Waals surface area contributed by atoms with E-state index in [4.69, 9.17) is 9.52 Å². The maximum atomic E-state index is 12.1. The maximum absolute atomic E-state index is 12.1. The molecule has 92 valence electrons. The molecule has 2 unspecified atom stereocenters. The van der Waals surface area contributed by atoms with Gasteiger partial charge in [-0.2, -0.15) is 0 Å². The minimum atomic E-state index is -1.16. The lowest BCUT2D eigenvalue weighted by Crippen LogP contribution is -2.38. The first-order chi connectivity index (χ1) is 8.00. The van der Waals surface area contributed by atoms with E-state index in [1.54, 1.807) is 4.90 Å². The summed E-state index contributed by atoms with van der Waals surface area (Å²) >= 11 is 0. The van der Waals surface area contributed by atoms with Crippen molar-refractivity contribution in [2.45, 2.75) is 38.8 Å². The Morgan fingerprint density at radius 2 is 1.76 bits per heavy atom. The Kier molecular flexibility index (Phi) is 2.92. The summed E-state index contributed by atoms with van der Waals surface area (Å²) in [4.78, 5) is 24.6. The van der Waals surface area contributed by atoms with Crippen LogP contribution in [-0.4, -0.2) is 34.0 Å². The van der Waals surface area contributed by atoms with Crippen LogP contribution in [0.2, 0.25) is 0 Å². The second-order valence-electron chi connectivity index (χ2n) is 4.46. The van der Waals surface area contributed by atoms with Crippen LogP contribution < -0.4 is 0 Å². The standard InChI is InChI=1S/C12H15NO4/c1-7-3-4-8(2)13(7)11(14)9-5-6-10(17-9)12(15)16/h5-8H,3-4H2,1-2H3,(H,15,16). The van der Waals surface area contributed by atoms with Gasteiger partial charge >= 0.3 is 5.97 Å². The van der Waals surface area contributed by atoms with Crippen LogP contribution in [0.1, 0.15) is 47.8 Å². The summed E-state index contributed by atoms with van der Waals surface area (Å²) < 4.78 is 5.03. The van der Waals surface area contributed by atoms with E-state index in [1.807, 2.05) is 13.8 Å². The average molecular weight is 237 g/mol. The number of hydrogen-bond acceptors (Lipinski definition) is 3. The van der Waals surface area contributed by atoms with Gasteiger partial charge in [0.1, 0.15) is 0 Å². The van der Waals surface area contributed by atoms with Crippen molar-refractivity contribution in [3.05, 3.63) is 23.7 Å². The summed E-state index contributed by atoms with van der Waals surface area (Å²) in [5, 5.41) is 8.73. The zero-order valence-corrected chi connectivity index (χ0v) is 9.84. The van der Waals surface area contributed by atoms with Gasteiger partial charge in [0, 0.05) is 12.1 Å². The number of carbonyl (C=O) groups is 2. The van der Waals surface area contributed by atoms with Crippen molar-refractivity contribution in [1.82, 2.24) is 4.90 Å². The minimum absolute atomic E-state index is 0.100. The number of carboxylic acids is 1. The van der Waals surface area contributed by atoms with Crippen LogP contribution >= 0.6 is 0 Å². The maximum Gasteiger partial charge on any atom is 0.371 e. The van der Waals surface area contributed by atoms with Gasteiger partial charge in [-0.05, 0) is 38.8 Å². The Bertz CT molecular complexity index is 441. The highest BCUT2D eigenvalue weighted by atomic mass is 16.4. The molecule has 0 saturated carbocycles. The van der Waals surface area contributed by atoms with E-state index in [2.05, 4.69) is 0 Å². The van der Waals surface area contributed by atoms with Crippen LogP contribution in [0.4, 0.5) is 0 Å². The lowest BCUT2D eigenvalue weighted by molar-refractivity contribution is 0.0630. The number of carbonyl (C=O) groups excluding carboxylic acids is 1. The van der Waals surface area contributed by atoms with Crippen LogP contribution in [0.5, 0.6) is 0 Å². The highest BCUT2D eigenvalue weighted by Gasteiger charge is 2.33. The molecule has 1 aliphatic rings. The SMILES string of the molecule is CC1CCC(C)N1C(=O)c1ccc(C(=O)O)o1. The van der Waals surface area contributed by atoms with E-state index >= 15 is 0 Å². The number of likely N-dealkylation sites (tertiary alicyclic amines) is 1. The third kappa shape index (κ3) is 2.05. The number of aromatic carboxylic acids is 1. The molecule has 1 amide bonds. The lowest BCUT2D eigenvalue weighted by Gasteiger charge is -2.25. The quantitative estimate of drug-likeness (QED) is 0.853. The highest BCUT2D eigenvalue weighted by Crippen LogP contribution is 2.26. The molecular weight excluding hydrogens is 222 g/mol. The molecule has 17 heavy (non-hydrogen) atoms. The molecule has 1 saturated heterocycles. The number of rotatable bonds is 2. The smallest absolute Gasteiger partial charge is 0.371 e. The summed E-state index contributed by atoms with van der Waals surface area (Å²) in [6.45, 7) is 3.98. The van der Waals surface area contributed by atoms with E-state index in [0.717, 1.165) is 12.8 Å². The predicted octanol–water partition coefficient (Wildman–Crippen LogP) is 1.99. The first-order valence-corrected chi connectivity index (χ1v) is 5.66. The summed E-state index contributed by atoms with van der Waals surface area (Å²) in [6.07, 6.45) is 1.94. The van der Waals surface area contributed by atoms with Gasteiger partial charge in [-0.1, -0.05) is 0 Å². The summed E-state index contributed by atoms with van der Waals surface area (Å²) in [7, 11) is 0. The largest absolute Gasteiger partial charge is 0.475 e. The predicted molar refractivity (Wildman–Crippen MR) is 60.0 cm³/mol. The molecule has 5 nitrogen and oxygen atoms in total. The Morgan fingerprint density at radius 1 is 1.24 bits per heavy atom. The molecule has 1 aromatic heterocycles. The molecule has 0 bridgehead atoms. The van der Waals surface area contributed by atoms with E-state index < -0.39 is 5.97 Å². The minimum Gasteiger partial charge on any atom is -0.475 e. The van der Waals surface area contributed by atoms with Gasteiger partial charge < -0.3 is 14.4 Å². The Morgan fingerprint density at radius 3 is 2.24 bits per heavy atom. The molecule has 2 heterocycles. The van der Waals surface area contributed by atoms with Crippen molar-refractivity contribution in [3.8, 4) is 0 Å². The first kappa shape index (κ1) is 11.7. The molecule has 1 aromatic rings. The Hall–Kier alpha value is -1.78. The average Bonchev–Trinajstić information content (AvgIpc) is 2.85. The van der Waals surface area contributed by atoms with Crippen molar-refractivity contribution in [2.24, 2.45) is 0 Å². The normalized spacial score (nSPS) is 24.0. The monoisotopic (exact) mass is 237 g/mol. The second kappa shape index (κ2) is 4.24. The Labute approximate surface area is 99.0 Å². The van der Waals surface area contributed by atoms with Gasteiger partial charge in [-0.3, -0.25) is 4.79 Å². The summed E-state index contributed by atoms with van der Waals surface area (Å²) in [6, 6.07) is 3.08. The molecule has 1 N–H and O–H groups in total. The van der Waals surface area contributed by atoms with Crippen molar-refractivity contribution >= 4 is 11.9 Å². The van der Waals surface area contributed by atoms with Crippen LogP contribution in [0.3, 0.4) is 0 Å². The number of nitrogens with zero attached hydrogens (tertiary/aromatic N) is 1. The third-order valence-electron chi connectivity index (χ3n) is 3.21. The zero-order valence-electron chi connectivity index (χ0n) is 9.84. The zero-order chi connectivity index (χ0) is 12.6. The molecule has 2 atom stereocenters. The molecule has 1 fully saturated rings. The third-order valence-corrected chi connectivity index (χ3v) is 3.21. The van der Waals surface area contributed by atoms with Gasteiger partial charge in [-0.15, -0.1) is 0 Å². The van der Waals surface area contributed by atoms with E-state index in [0.29, 0.717) is 0 Å². The molecule has 0 radical (unpaired) electrons. The lowest BCUT2D eigenvalue weighted by atomic mass is 10.2. The highest BCUT2D eigenvalue weighted by molar-refractivity contribution is 5.94. The van der Waals surface area contributed by atoms with Crippen LogP contribution in [0.15, 0.2) is 16.5 Å². The van der Waals surface area contributed by atoms with Crippen molar-refractivity contribution < 1.29 is 19.1 Å². The van der Waals surface area contributed by atoms with Gasteiger partial charge in [0.05, 0.1) is 0 Å². The Balaban J connectivity index is 2.21. The second-order valence-corrected chi connectivity index (χ2v) is 4.46. The molecule has 0 aliphatic carbocycles. The van der Waals surface area contributed by atoms with Gasteiger partial charge in [0.2, 0.25) is 5.76 Å². The number of furan rings is 1. The van der Waals surface area contributed by atoms with E-state index in [-0.39, 0.29) is 29.5 Å². The molecule has 0 spiro atoms. The topological polar surface area (TPSA) is 70.8 Å². The molecule has 2 rings (SSSR count). The van der Waals surface area contributed by atoms with Gasteiger partial charge in [-0.25, -0.2) is 4.79 Å². The molecule has 0 aromatic carbocycles. The van der Waals surface area contributed by atoms with Gasteiger partial charge in [0.25, 0.3) is 5.91 Å². The number of hydrogen-bond donors (Lipinski definition) is 1. The van der Waals surface area contributed by atoms with E-state index in [9.17, 15) is 9.59 Å². The van der Waals surface area contributed by atoms with Gasteiger partial charge in [0.15, 0.2) is 5.76 Å². The fourth-order valence-electron chi connectivity index (χ4n) is 2.29. The molecule has 1 aliphatic heterocycles. The fourth-order valence-corrected chi connectivity index (χ4v) is 2.29. The number of amides is 1. The molecular formula is C12H15NO4. The van der Waals surface area contributed by atoms with Crippen LogP contribution in [0, 0.1) is 0 Å². The van der Waals surface area contributed by atoms with Crippen LogP contribution in [-0.2, 0) is 0 Å². The van der Waals surface area contributed by atoms with Crippen molar-refractivity contribution in [3.63, 3.8) is 0 Å². The number of carboxylic acid groups (broad SMARTS) is 1. The van der Waals surface area contributed by atoms with Crippen molar-refractivity contribution in [2.75, 3.05) is 0 Å². The summed E-state index contributed by atoms with van der Waals surface area (Å²) in [5.41, 5.74) is 0. The van der Waals surface area contributed by atoms with E-state index in [1.165, 1.54) is 12.1 Å². The van der Waals surface area contributed by atoms with Crippen LogP contribution in [0.25, 0.3) is 0 Å². The summed E-state index contributed by atoms with van der Waals surface area (Å²) in [5.74, 6) is -1.49. The molecule has 5 heteroatoms. The first-order valence-electron chi connectivity index (χ1n) is 5.66. The van der Waals surface area contributed by atoms with Crippen molar-refractivity contribution in [1.29, 1.82) is 0 Å².